The second-order valence-electron chi connectivity index (χ2n) is 3.22. The third-order valence-electron chi connectivity index (χ3n) is 2.24. The van der Waals surface area contributed by atoms with E-state index in [0.29, 0.717) is 0 Å². The van der Waals surface area contributed by atoms with Crippen LogP contribution in [-0.4, -0.2) is 0 Å². The molecule has 15 heavy (non-hydrogen) atoms. The smallest absolute Gasteiger partial charge is 0.0366 e. The van der Waals surface area contributed by atoms with Gasteiger partial charge in [-0.05, 0) is 24.6 Å². The third-order valence-corrected chi connectivity index (χ3v) is 3.90. The normalized spacial score (nSPS) is 11.3. The molecule has 0 aliphatic heterocycles. The third kappa shape index (κ3) is 1.92. The first kappa shape index (κ1) is 10.7. The molecule has 76 valence electrons. The van der Waals surface area contributed by atoms with Gasteiger partial charge in [0.05, 0.1) is 0 Å². The second-order valence-corrected chi connectivity index (χ2v) is 5.22. The van der Waals surface area contributed by atoms with E-state index in [9.17, 15) is 0 Å². The first-order valence-corrected chi connectivity index (χ1v) is 6.34. The molecule has 0 amide bonds. The lowest BCUT2D eigenvalue weighted by molar-refractivity contribution is 1.73. The van der Waals surface area contributed by atoms with Gasteiger partial charge < -0.3 is 0 Å². The summed E-state index contributed by atoms with van der Waals surface area (Å²) in [5, 5.41) is 1.30. The molecule has 1 aromatic heterocycles. The van der Waals surface area contributed by atoms with Gasteiger partial charge in [-0.15, -0.1) is 11.3 Å². The van der Waals surface area contributed by atoms with Crippen molar-refractivity contribution < 1.29 is 0 Å². The first-order chi connectivity index (χ1) is 7.26. The van der Waals surface area contributed by atoms with E-state index in [-0.39, 0.29) is 0 Å². The summed E-state index contributed by atoms with van der Waals surface area (Å²) in [7, 11) is 0. The Morgan fingerprint density at radius 3 is 2.87 bits per heavy atom. The summed E-state index contributed by atoms with van der Waals surface area (Å²) in [6.45, 7) is 5.89. The van der Waals surface area contributed by atoms with Crippen molar-refractivity contribution in [3.8, 4) is 0 Å². The molecule has 0 N–H and O–H groups in total. The molecule has 2 aromatic rings. The fourth-order valence-electron chi connectivity index (χ4n) is 1.60. The maximum Gasteiger partial charge on any atom is 0.0366 e. The molecule has 2 heteroatoms. The zero-order chi connectivity index (χ0) is 10.8. The fraction of sp³-hybridized carbons (Fsp3) is 0.0769. The molecule has 0 nitrogen and oxygen atoms in total. The van der Waals surface area contributed by atoms with Crippen LogP contribution in [0, 0.1) is 0 Å². The Balaban J connectivity index is 2.79. The topological polar surface area (TPSA) is 0 Å². The number of rotatable bonds is 2. The van der Waals surface area contributed by atoms with Crippen LogP contribution in [0.1, 0.15) is 17.4 Å². The van der Waals surface area contributed by atoms with Gasteiger partial charge >= 0.3 is 0 Å². The summed E-state index contributed by atoms with van der Waals surface area (Å²) in [5.41, 5.74) is 1.28. The highest BCUT2D eigenvalue weighted by Crippen LogP contribution is 2.34. The van der Waals surface area contributed by atoms with E-state index in [0.717, 1.165) is 4.47 Å². The van der Waals surface area contributed by atoms with Crippen molar-refractivity contribution in [3.63, 3.8) is 0 Å². The molecule has 0 saturated heterocycles. The minimum absolute atomic E-state index is 1.12. The van der Waals surface area contributed by atoms with Crippen molar-refractivity contribution >= 4 is 49.5 Å². The van der Waals surface area contributed by atoms with Gasteiger partial charge in [-0.1, -0.05) is 46.8 Å². The highest BCUT2D eigenvalue weighted by molar-refractivity contribution is 9.10. The molecule has 0 fully saturated rings. The van der Waals surface area contributed by atoms with Gasteiger partial charge in [0.1, 0.15) is 0 Å². The number of halogens is 1. The van der Waals surface area contributed by atoms with Gasteiger partial charge in [0.25, 0.3) is 0 Å². The van der Waals surface area contributed by atoms with Crippen LogP contribution in [-0.2, 0) is 0 Å². The zero-order valence-corrected chi connectivity index (χ0v) is 10.9. The van der Waals surface area contributed by atoms with Crippen molar-refractivity contribution in [1.29, 1.82) is 0 Å². The summed E-state index contributed by atoms with van der Waals surface area (Å²) in [6.07, 6.45) is 6.13. The molecule has 0 radical (unpaired) electrons. The van der Waals surface area contributed by atoms with Crippen LogP contribution in [0.25, 0.3) is 22.2 Å². The Hall–Kier alpha value is -0.860. The number of fused-ring (bicyclic) bond motifs is 1. The van der Waals surface area contributed by atoms with Gasteiger partial charge in [0.15, 0.2) is 0 Å². The van der Waals surface area contributed by atoms with E-state index >= 15 is 0 Å². The molecule has 1 heterocycles. The van der Waals surface area contributed by atoms with Crippen LogP contribution < -0.4 is 0 Å². The summed E-state index contributed by atoms with van der Waals surface area (Å²) in [5.74, 6) is 0. The van der Waals surface area contributed by atoms with Crippen LogP contribution in [0.4, 0.5) is 0 Å². The van der Waals surface area contributed by atoms with Crippen molar-refractivity contribution in [2.75, 3.05) is 0 Å². The van der Waals surface area contributed by atoms with Crippen molar-refractivity contribution in [1.82, 2.24) is 0 Å². The number of allylic oxidation sites excluding steroid dienone is 1. The van der Waals surface area contributed by atoms with Crippen LogP contribution in [0.3, 0.4) is 0 Å². The van der Waals surface area contributed by atoms with E-state index in [1.807, 2.05) is 13.0 Å². The van der Waals surface area contributed by atoms with Crippen molar-refractivity contribution in [2.45, 2.75) is 6.92 Å². The second kappa shape index (κ2) is 4.33. The van der Waals surface area contributed by atoms with E-state index in [1.54, 1.807) is 11.3 Å². The van der Waals surface area contributed by atoms with E-state index in [1.165, 1.54) is 20.5 Å². The Morgan fingerprint density at radius 2 is 2.20 bits per heavy atom. The van der Waals surface area contributed by atoms with Crippen LogP contribution >= 0.6 is 27.3 Å². The Bertz CT molecular complexity index is 535. The van der Waals surface area contributed by atoms with E-state index in [4.69, 9.17) is 0 Å². The number of hydrogen-bond acceptors (Lipinski definition) is 1. The Morgan fingerprint density at radius 1 is 1.40 bits per heavy atom. The summed E-state index contributed by atoms with van der Waals surface area (Å²) >= 11 is 5.27. The lowest BCUT2D eigenvalue weighted by atomic mass is 10.1. The number of benzene rings is 1. The number of thiophene rings is 1. The SMILES string of the molecule is C=Cc1sc2cc(Br)ccc2c1/C=C\C. The lowest BCUT2D eigenvalue weighted by Gasteiger charge is -1.94. The molecule has 0 bridgehead atoms. The fourth-order valence-corrected chi connectivity index (χ4v) is 3.19. The minimum Gasteiger partial charge on any atom is -0.135 e. The first-order valence-electron chi connectivity index (χ1n) is 4.73. The molecule has 0 unspecified atom stereocenters. The molecular weight excluding hydrogens is 268 g/mol. The van der Waals surface area contributed by atoms with E-state index < -0.39 is 0 Å². The Kier molecular flexibility index (Phi) is 3.08. The molecule has 0 saturated carbocycles. The largest absolute Gasteiger partial charge is 0.135 e. The maximum absolute atomic E-state index is 3.86. The monoisotopic (exact) mass is 278 g/mol. The molecular formula is C13H11BrS. The lowest BCUT2D eigenvalue weighted by Crippen LogP contribution is -1.71. The average molecular weight is 279 g/mol. The predicted molar refractivity (Wildman–Crippen MR) is 74.3 cm³/mol. The molecule has 2 rings (SSSR count). The molecule has 1 aromatic carbocycles. The minimum atomic E-state index is 1.12. The summed E-state index contributed by atoms with van der Waals surface area (Å²) in [6, 6.07) is 6.38. The average Bonchev–Trinajstić information content (AvgIpc) is 2.56. The van der Waals surface area contributed by atoms with Gasteiger partial charge in [-0.2, -0.15) is 0 Å². The highest BCUT2D eigenvalue weighted by Gasteiger charge is 2.07. The molecule has 0 aliphatic carbocycles. The van der Waals surface area contributed by atoms with Crippen LogP contribution in [0.5, 0.6) is 0 Å². The van der Waals surface area contributed by atoms with Gasteiger partial charge in [0.2, 0.25) is 0 Å². The zero-order valence-electron chi connectivity index (χ0n) is 8.46. The van der Waals surface area contributed by atoms with E-state index in [2.05, 4.69) is 52.9 Å². The Labute approximate surface area is 102 Å². The van der Waals surface area contributed by atoms with Crippen molar-refractivity contribution in [2.24, 2.45) is 0 Å². The van der Waals surface area contributed by atoms with Crippen LogP contribution in [0.15, 0.2) is 35.3 Å². The quantitative estimate of drug-likeness (QED) is 0.696. The molecule has 0 atom stereocenters. The maximum atomic E-state index is 3.86. The summed E-state index contributed by atoms with van der Waals surface area (Å²) < 4.78 is 2.42. The molecule has 0 aliphatic rings. The van der Waals surface area contributed by atoms with Crippen molar-refractivity contribution in [3.05, 3.63) is 45.8 Å². The highest BCUT2D eigenvalue weighted by atomic mass is 79.9. The predicted octanol–water partition coefficient (Wildman–Crippen LogP) is 5.34. The molecule has 0 spiro atoms. The van der Waals surface area contributed by atoms with Gasteiger partial charge in [0, 0.05) is 19.4 Å². The van der Waals surface area contributed by atoms with Gasteiger partial charge in [-0.3, -0.25) is 0 Å². The standard InChI is InChI=1S/C13H11BrS/c1-3-5-10-11-7-6-9(14)8-13(11)15-12(10)4-2/h3-8H,2H2,1H3/b5-3-. The van der Waals surface area contributed by atoms with Crippen LogP contribution in [0.2, 0.25) is 0 Å². The summed E-state index contributed by atoms with van der Waals surface area (Å²) in [4.78, 5) is 1.24. The number of hydrogen-bond donors (Lipinski definition) is 0. The van der Waals surface area contributed by atoms with Gasteiger partial charge in [-0.25, -0.2) is 0 Å².